The Labute approximate surface area is 183 Å². The summed E-state index contributed by atoms with van der Waals surface area (Å²) in [4.78, 5) is 25.0. The number of fused-ring (bicyclic) bond motifs is 1. The number of ketones is 1. The first-order valence-corrected chi connectivity index (χ1v) is 10.4. The van der Waals surface area contributed by atoms with Crippen LogP contribution >= 0.6 is 0 Å². The second-order valence-corrected chi connectivity index (χ2v) is 8.39. The van der Waals surface area contributed by atoms with Crippen LogP contribution in [0.15, 0.2) is 66.7 Å². The minimum absolute atomic E-state index is 0.00250. The Kier molecular flexibility index (Phi) is 6.91. The first-order valence-electron chi connectivity index (χ1n) is 10.4. The van der Waals surface area contributed by atoms with E-state index >= 15 is 0 Å². The second-order valence-electron chi connectivity index (χ2n) is 8.39. The normalized spacial score (nSPS) is 11.6. The van der Waals surface area contributed by atoms with Crippen molar-refractivity contribution in [3.63, 3.8) is 0 Å². The third-order valence-corrected chi connectivity index (χ3v) is 4.84. The lowest BCUT2D eigenvalue weighted by molar-refractivity contribution is -0.148. The quantitative estimate of drug-likeness (QED) is 0.268. The largest absolute Gasteiger partial charge is 0.496 e. The zero-order valence-corrected chi connectivity index (χ0v) is 18.5. The molecular weight excluding hydrogens is 388 g/mol. The van der Waals surface area contributed by atoms with E-state index in [2.05, 4.69) is 24.3 Å². The number of esters is 1. The van der Waals surface area contributed by atoms with E-state index in [0.29, 0.717) is 24.2 Å². The number of Topliss-reactive ketones (excluding diaryl/α,β-unsaturated/α-hetero) is 1. The molecular formula is C27H28O4. The zero-order valence-electron chi connectivity index (χ0n) is 18.5. The van der Waals surface area contributed by atoms with Gasteiger partial charge in [0, 0.05) is 12.5 Å². The standard InChI is InChI=1S/C27H28O4/c1-27(2,3)31-26(29)17-13-19-12-16-25(30-4)23(18-19)24(28)15-14-21-10-7-9-20-8-5-6-11-22(20)21/h5-13,16-18H,14-15H2,1-4H3/b17-13+. The molecule has 4 nitrogen and oxygen atoms in total. The third kappa shape index (κ3) is 6.05. The second kappa shape index (κ2) is 9.61. The molecule has 0 heterocycles. The number of carbonyl (C=O) groups excluding carboxylic acids is 2. The number of rotatable bonds is 7. The maximum absolute atomic E-state index is 13.0. The third-order valence-electron chi connectivity index (χ3n) is 4.84. The number of aryl methyl sites for hydroxylation is 1. The zero-order chi connectivity index (χ0) is 22.4. The number of hydrogen-bond donors (Lipinski definition) is 0. The summed E-state index contributed by atoms with van der Waals surface area (Å²) in [5, 5.41) is 2.33. The highest BCUT2D eigenvalue weighted by molar-refractivity contribution is 6.00. The predicted molar refractivity (Wildman–Crippen MR) is 124 cm³/mol. The maximum Gasteiger partial charge on any atom is 0.331 e. The van der Waals surface area contributed by atoms with E-state index in [1.807, 2.05) is 39.0 Å². The van der Waals surface area contributed by atoms with Crippen molar-refractivity contribution in [2.24, 2.45) is 0 Å². The maximum atomic E-state index is 13.0. The van der Waals surface area contributed by atoms with Crippen LogP contribution in [-0.2, 0) is 16.0 Å². The molecule has 0 spiro atoms. The van der Waals surface area contributed by atoms with Gasteiger partial charge in [-0.3, -0.25) is 4.79 Å². The van der Waals surface area contributed by atoms with Gasteiger partial charge in [0.2, 0.25) is 0 Å². The summed E-state index contributed by atoms with van der Waals surface area (Å²) in [5.74, 6) is 0.0989. The summed E-state index contributed by atoms with van der Waals surface area (Å²) in [6.07, 6.45) is 4.03. The van der Waals surface area contributed by atoms with Crippen molar-refractivity contribution in [3.8, 4) is 5.75 Å². The molecule has 0 saturated carbocycles. The molecule has 3 aromatic carbocycles. The van der Waals surface area contributed by atoms with E-state index in [1.165, 1.54) is 16.8 Å². The van der Waals surface area contributed by atoms with Crippen molar-refractivity contribution in [2.45, 2.75) is 39.2 Å². The van der Waals surface area contributed by atoms with Crippen LogP contribution in [-0.4, -0.2) is 24.5 Å². The fourth-order valence-corrected chi connectivity index (χ4v) is 3.44. The van der Waals surface area contributed by atoms with Gasteiger partial charge in [-0.25, -0.2) is 4.79 Å². The van der Waals surface area contributed by atoms with E-state index in [-0.39, 0.29) is 5.78 Å². The lowest BCUT2D eigenvalue weighted by Crippen LogP contribution is -2.22. The van der Waals surface area contributed by atoms with Crippen LogP contribution in [0.2, 0.25) is 0 Å². The fourth-order valence-electron chi connectivity index (χ4n) is 3.44. The average molecular weight is 417 g/mol. The van der Waals surface area contributed by atoms with Crippen molar-refractivity contribution in [3.05, 3.63) is 83.4 Å². The molecule has 3 rings (SSSR count). The number of carbonyl (C=O) groups is 2. The van der Waals surface area contributed by atoms with Gasteiger partial charge in [-0.15, -0.1) is 0 Å². The van der Waals surface area contributed by atoms with Crippen LogP contribution in [0.3, 0.4) is 0 Å². The average Bonchev–Trinajstić information content (AvgIpc) is 2.74. The molecule has 0 fully saturated rings. The van der Waals surface area contributed by atoms with Gasteiger partial charge in [0.25, 0.3) is 0 Å². The molecule has 0 aliphatic heterocycles. The van der Waals surface area contributed by atoms with Crippen molar-refractivity contribution in [2.75, 3.05) is 7.11 Å². The van der Waals surface area contributed by atoms with E-state index in [4.69, 9.17) is 9.47 Å². The summed E-state index contributed by atoms with van der Waals surface area (Å²) in [5.41, 5.74) is 1.84. The SMILES string of the molecule is COc1ccc(/C=C/C(=O)OC(C)(C)C)cc1C(=O)CCc1cccc2ccccc12. The van der Waals surface area contributed by atoms with E-state index in [9.17, 15) is 9.59 Å². The summed E-state index contributed by atoms with van der Waals surface area (Å²) >= 11 is 0. The highest BCUT2D eigenvalue weighted by Crippen LogP contribution is 2.25. The number of ether oxygens (including phenoxy) is 2. The molecule has 4 heteroatoms. The molecule has 0 unspecified atom stereocenters. The van der Waals surface area contributed by atoms with Gasteiger partial charge in [-0.1, -0.05) is 48.5 Å². The highest BCUT2D eigenvalue weighted by Gasteiger charge is 2.15. The minimum atomic E-state index is -0.552. The molecule has 0 saturated heterocycles. The van der Waals surface area contributed by atoms with Crippen LogP contribution in [0.5, 0.6) is 5.75 Å². The van der Waals surface area contributed by atoms with E-state index in [0.717, 1.165) is 11.1 Å². The number of hydrogen-bond acceptors (Lipinski definition) is 4. The summed E-state index contributed by atoms with van der Waals surface area (Å²) in [6, 6.07) is 19.6. The Morgan fingerprint density at radius 2 is 1.71 bits per heavy atom. The van der Waals surface area contributed by atoms with Crippen LogP contribution < -0.4 is 4.74 Å². The van der Waals surface area contributed by atoms with Crippen molar-refractivity contribution in [1.82, 2.24) is 0 Å². The fraction of sp³-hybridized carbons (Fsp3) is 0.259. The molecule has 3 aromatic rings. The van der Waals surface area contributed by atoms with E-state index < -0.39 is 11.6 Å². The predicted octanol–water partition coefficient (Wildman–Crippen LogP) is 6.02. The van der Waals surface area contributed by atoms with Gasteiger partial charge >= 0.3 is 5.97 Å². The Hall–Kier alpha value is -3.40. The van der Waals surface area contributed by atoms with Gasteiger partial charge in [-0.2, -0.15) is 0 Å². The van der Waals surface area contributed by atoms with Crippen molar-refractivity contribution < 1.29 is 19.1 Å². The first kappa shape index (κ1) is 22.3. The monoisotopic (exact) mass is 416 g/mol. The first-order chi connectivity index (χ1) is 14.8. The van der Waals surface area contributed by atoms with Crippen molar-refractivity contribution >= 4 is 28.6 Å². The highest BCUT2D eigenvalue weighted by atomic mass is 16.6. The Morgan fingerprint density at radius 1 is 0.968 bits per heavy atom. The molecule has 0 aromatic heterocycles. The molecule has 0 aliphatic rings. The van der Waals surface area contributed by atoms with Crippen LogP contribution in [0.25, 0.3) is 16.8 Å². The van der Waals surface area contributed by atoms with Crippen molar-refractivity contribution in [1.29, 1.82) is 0 Å². The Morgan fingerprint density at radius 3 is 2.45 bits per heavy atom. The van der Waals surface area contributed by atoms with Crippen LogP contribution in [0.4, 0.5) is 0 Å². The van der Waals surface area contributed by atoms with E-state index in [1.54, 1.807) is 31.4 Å². The molecule has 0 radical (unpaired) electrons. The molecule has 160 valence electrons. The topological polar surface area (TPSA) is 52.6 Å². The molecule has 0 amide bonds. The summed E-state index contributed by atoms with van der Waals surface area (Å²) in [7, 11) is 1.55. The molecule has 0 N–H and O–H groups in total. The Bertz CT molecular complexity index is 1110. The summed E-state index contributed by atoms with van der Waals surface area (Å²) < 4.78 is 10.7. The van der Waals surface area contributed by atoms with Gasteiger partial charge in [0.05, 0.1) is 12.7 Å². The number of benzene rings is 3. The molecule has 0 bridgehead atoms. The lowest BCUT2D eigenvalue weighted by atomic mass is 9.97. The summed E-state index contributed by atoms with van der Waals surface area (Å²) in [6.45, 7) is 5.45. The lowest BCUT2D eigenvalue weighted by Gasteiger charge is -2.17. The molecule has 0 aliphatic carbocycles. The molecule has 31 heavy (non-hydrogen) atoms. The van der Waals surface area contributed by atoms with Gasteiger partial charge in [0.1, 0.15) is 11.4 Å². The smallest absolute Gasteiger partial charge is 0.331 e. The van der Waals surface area contributed by atoms with Gasteiger partial charge in [0.15, 0.2) is 5.78 Å². The Balaban J connectivity index is 1.76. The molecule has 0 atom stereocenters. The van der Waals surface area contributed by atoms with Gasteiger partial charge < -0.3 is 9.47 Å². The van der Waals surface area contributed by atoms with Crippen LogP contribution in [0, 0.1) is 0 Å². The minimum Gasteiger partial charge on any atom is -0.496 e. The van der Waals surface area contributed by atoms with Crippen LogP contribution in [0.1, 0.15) is 48.7 Å². The number of methoxy groups -OCH3 is 1. The van der Waals surface area contributed by atoms with Gasteiger partial charge in [-0.05, 0) is 67.3 Å².